The van der Waals surface area contributed by atoms with Crippen LogP contribution in [0.4, 0.5) is 0 Å². The molecule has 2 heterocycles. The van der Waals surface area contributed by atoms with Crippen LogP contribution in [0.3, 0.4) is 0 Å². The Morgan fingerprint density at radius 2 is 1.95 bits per heavy atom. The van der Waals surface area contributed by atoms with Crippen molar-refractivity contribution >= 4 is 38.7 Å². The van der Waals surface area contributed by atoms with Gasteiger partial charge in [-0.3, -0.25) is 4.57 Å². The van der Waals surface area contributed by atoms with E-state index in [-0.39, 0.29) is 0 Å². The molecular formula is C15H13BrClN3. The average Bonchev–Trinajstić information content (AvgIpc) is 2.79. The third kappa shape index (κ3) is 2.23. The maximum atomic E-state index is 6.06. The Bertz CT molecular complexity index is 795. The van der Waals surface area contributed by atoms with Crippen LogP contribution in [0.1, 0.15) is 17.1 Å². The molecule has 0 aliphatic rings. The molecule has 3 aromatic rings. The molecule has 20 heavy (non-hydrogen) atoms. The van der Waals surface area contributed by atoms with E-state index in [0.717, 1.165) is 32.8 Å². The van der Waals surface area contributed by atoms with E-state index in [2.05, 4.69) is 45.0 Å². The second-order valence-corrected chi connectivity index (χ2v) is 5.87. The monoisotopic (exact) mass is 349 g/mol. The van der Waals surface area contributed by atoms with Crippen LogP contribution in [0.5, 0.6) is 0 Å². The van der Waals surface area contributed by atoms with E-state index in [9.17, 15) is 0 Å². The van der Waals surface area contributed by atoms with Gasteiger partial charge >= 0.3 is 0 Å². The van der Waals surface area contributed by atoms with Crippen molar-refractivity contribution in [1.29, 1.82) is 0 Å². The lowest BCUT2D eigenvalue weighted by atomic mass is 10.2. The van der Waals surface area contributed by atoms with Crippen molar-refractivity contribution < 1.29 is 0 Å². The van der Waals surface area contributed by atoms with Crippen LogP contribution in [0.15, 0.2) is 34.8 Å². The molecule has 0 aliphatic carbocycles. The lowest BCUT2D eigenvalue weighted by Crippen LogP contribution is -2.02. The molecule has 0 N–H and O–H groups in total. The summed E-state index contributed by atoms with van der Waals surface area (Å²) in [7, 11) is 0. The van der Waals surface area contributed by atoms with Gasteiger partial charge < -0.3 is 0 Å². The van der Waals surface area contributed by atoms with E-state index in [1.807, 2.05) is 29.7 Å². The van der Waals surface area contributed by atoms with Gasteiger partial charge in [-0.25, -0.2) is 9.97 Å². The van der Waals surface area contributed by atoms with Crippen LogP contribution >= 0.6 is 27.5 Å². The molecule has 0 saturated carbocycles. The number of benzene rings is 1. The highest BCUT2D eigenvalue weighted by molar-refractivity contribution is 9.10. The summed E-state index contributed by atoms with van der Waals surface area (Å²) in [5.41, 5.74) is 4.86. The number of fused-ring (bicyclic) bond motifs is 1. The number of halogens is 2. The van der Waals surface area contributed by atoms with Crippen molar-refractivity contribution in [2.45, 2.75) is 19.7 Å². The Balaban J connectivity index is 2.39. The summed E-state index contributed by atoms with van der Waals surface area (Å²) in [6.45, 7) is 4.04. The molecule has 0 atom stereocenters. The summed E-state index contributed by atoms with van der Waals surface area (Å²) in [5, 5.41) is 0. The zero-order valence-electron chi connectivity index (χ0n) is 11.2. The van der Waals surface area contributed by atoms with Crippen LogP contribution in [-0.2, 0) is 5.88 Å². The van der Waals surface area contributed by atoms with E-state index in [4.69, 9.17) is 11.6 Å². The number of pyridine rings is 1. The molecule has 0 saturated heterocycles. The first-order valence-electron chi connectivity index (χ1n) is 6.27. The van der Waals surface area contributed by atoms with Gasteiger partial charge in [-0.15, -0.1) is 11.6 Å². The third-order valence-electron chi connectivity index (χ3n) is 3.18. The van der Waals surface area contributed by atoms with Crippen molar-refractivity contribution in [1.82, 2.24) is 14.5 Å². The highest BCUT2D eigenvalue weighted by atomic mass is 79.9. The highest BCUT2D eigenvalue weighted by Crippen LogP contribution is 2.28. The Morgan fingerprint density at radius 1 is 1.15 bits per heavy atom. The van der Waals surface area contributed by atoms with Gasteiger partial charge in [0.2, 0.25) is 0 Å². The molecule has 102 valence electrons. The molecule has 1 aromatic carbocycles. The smallest absolute Gasteiger partial charge is 0.164 e. The summed E-state index contributed by atoms with van der Waals surface area (Å²) in [5.74, 6) is 1.14. The molecule has 0 amide bonds. The van der Waals surface area contributed by atoms with E-state index >= 15 is 0 Å². The zero-order chi connectivity index (χ0) is 14.3. The van der Waals surface area contributed by atoms with Crippen molar-refractivity contribution in [3.05, 3.63) is 51.9 Å². The van der Waals surface area contributed by atoms with Crippen LogP contribution in [0.2, 0.25) is 0 Å². The first-order valence-corrected chi connectivity index (χ1v) is 7.60. The largest absolute Gasteiger partial charge is 0.279 e. The standard InChI is InChI=1S/C15H13BrClN3/c1-9-3-5-11(16)13(7-9)20-14(8-17)19-12-6-4-10(2)18-15(12)20/h3-7H,8H2,1-2H3. The predicted molar refractivity (Wildman–Crippen MR) is 85.6 cm³/mol. The van der Waals surface area contributed by atoms with E-state index in [1.54, 1.807) is 0 Å². The van der Waals surface area contributed by atoms with Crippen LogP contribution < -0.4 is 0 Å². The molecule has 3 rings (SSSR count). The van der Waals surface area contributed by atoms with Gasteiger partial charge in [0.25, 0.3) is 0 Å². The van der Waals surface area contributed by atoms with Gasteiger partial charge in [0, 0.05) is 10.2 Å². The van der Waals surface area contributed by atoms with E-state index in [0.29, 0.717) is 5.88 Å². The van der Waals surface area contributed by atoms with Crippen molar-refractivity contribution in [3.63, 3.8) is 0 Å². The van der Waals surface area contributed by atoms with Crippen LogP contribution in [0, 0.1) is 13.8 Å². The normalized spacial score (nSPS) is 11.2. The number of aromatic nitrogens is 3. The topological polar surface area (TPSA) is 30.7 Å². The first kappa shape index (κ1) is 13.6. The van der Waals surface area contributed by atoms with Crippen LogP contribution in [-0.4, -0.2) is 14.5 Å². The third-order valence-corrected chi connectivity index (χ3v) is 4.08. The summed E-state index contributed by atoms with van der Waals surface area (Å²) < 4.78 is 3.02. The maximum Gasteiger partial charge on any atom is 0.164 e. The van der Waals surface area contributed by atoms with Crippen molar-refractivity contribution in [2.75, 3.05) is 0 Å². The number of imidazole rings is 1. The number of rotatable bonds is 2. The minimum atomic E-state index is 0.343. The van der Waals surface area contributed by atoms with Gasteiger partial charge in [-0.05, 0) is 59.6 Å². The lowest BCUT2D eigenvalue weighted by molar-refractivity contribution is 0.960. The molecule has 0 aliphatic heterocycles. The molecule has 2 aromatic heterocycles. The fourth-order valence-electron chi connectivity index (χ4n) is 2.24. The van der Waals surface area contributed by atoms with Gasteiger partial charge in [-0.2, -0.15) is 0 Å². The fourth-order valence-corrected chi connectivity index (χ4v) is 2.84. The molecule has 3 nitrogen and oxygen atoms in total. The number of hydrogen-bond donors (Lipinski definition) is 0. The molecule has 0 radical (unpaired) electrons. The molecule has 0 unspecified atom stereocenters. The minimum absolute atomic E-state index is 0.343. The van der Waals surface area contributed by atoms with E-state index in [1.165, 1.54) is 5.56 Å². The van der Waals surface area contributed by atoms with Gasteiger partial charge in [0.1, 0.15) is 11.3 Å². The Kier molecular flexibility index (Phi) is 3.52. The second kappa shape index (κ2) is 5.19. The summed E-state index contributed by atoms with van der Waals surface area (Å²) in [6, 6.07) is 10.1. The summed E-state index contributed by atoms with van der Waals surface area (Å²) >= 11 is 9.66. The zero-order valence-corrected chi connectivity index (χ0v) is 13.5. The Hall–Kier alpha value is -1.39. The molecule has 5 heteroatoms. The lowest BCUT2D eigenvalue weighted by Gasteiger charge is -2.10. The predicted octanol–water partition coefficient (Wildman–Crippen LogP) is 4.54. The number of nitrogens with zero attached hydrogens (tertiary/aromatic N) is 3. The number of alkyl halides is 1. The van der Waals surface area contributed by atoms with Gasteiger partial charge in [0.15, 0.2) is 5.65 Å². The minimum Gasteiger partial charge on any atom is -0.279 e. The molecular weight excluding hydrogens is 338 g/mol. The number of hydrogen-bond acceptors (Lipinski definition) is 2. The second-order valence-electron chi connectivity index (χ2n) is 4.75. The fraction of sp³-hybridized carbons (Fsp3) is 0.200. The van der Waals surface area contributed by atoms with Crippen molar-refractivity contribution in [3.8, 4) is 5.69 Å². The SMILES string of the molecule is Cc1ccc(Br)c(-n2c(CCl)nc3ccc(C)nc32)c1. The summed E-state index contributed by atoms with van der Waals surface area (Å²) in [4.78, 5) is 9.18. The van der Waals surface area contributed by atoms with Gasteiger partial charge in [-0.1, -0.05) is 6.07 Å². The molecule has 0 bridgehead atoms. The maximum absolute atomic E-state index is 6.06. The summed E-state index contributed by atoms with van der Waals surface area (Å²) in [6.07, 6.45) is 0. The van der Waals surface area contributed by atoms with E-state index < -0.39 is 0 Å². The average molecular weight is 351 g/mol. The van der Waals surface area contributed by atoms with Gasteiger partial charge in [0.05, 0.1) is 11.6 Å². The highest BCUT2D eigenvalue weighted by Gasteiger charge is 2.15. The van der Waals surface area contributed by atoms with Crippen molar-refractivity contribution in [2.24, 2.45) is 0 Å². The quantitative estimate of drug-likeness (QED) is 0.635. The molecule has 0 spiro atoms. The Morgan fingerprint density at radius 3 is 2.70 bits per heavy atom. The number of aryl methyl sites for hydroxylation is 2. The van der Waals surface area contributed by atoms with Crippen LogP contribution in [0.25, 0.3) is 16.9 Å². The molecule has 0 fully saturated rings. The first-order chi connectivity index (χ1) is 9.60. The Labute approximate surface area is 130 Å².